The molecule has 0 radical (unpaired) electrons. The van der Waals surface area contributed by atoms with Crippen LogP contribution in [0.3, 0.4) is 0 Å². The molecule has 0 aliphatic rings. The van der Waals surface area contributed by atoms with E-state index in [-0.39, 0.29) is 6.10 Å². The lowest BCUT2D eigenvalue weighted by Gasteiger charge is -2.20. The van der Waals surface area contributed by atoms with Crippen molar-refractivity contribution < 1.29 is 4.74 Å². The number of aliphatic imine (C=N–C) groups is 1. The molecule has 0 heterocycles. The highest BCUT2D eigenvalue weighted by molar-refractivity contribution is 9.10. The van der Waals surface area contributed by atoms with Gasteiger partial charge < -0.3 is 15.4 Å². The van der Waals surface area contributed by atoms with Gasteiger partial charge in [0, 0.05) is 13.1 Å². The first-order valence-corrected chi connectivity index (χ1v) is 7.33. The Kier molecular flexibility index (Phi) is 6.70. The van der Waals surface area contributed by atoms with Crippen LogP contribution < -0.4 is 10.5 Å². The quantitative estimate of drug-likeness (QED) is 0.645. The number of para-hydroxylation sites is 1. The summed E-state index contributed by atoms with van der Waals surface area (Å²) >= 11 is 3.46. The maximum atomic E-state index is 5.92. The SMILES string of the molecule is CCN(CC)C(N)=NCC(C)Oc1ccccc1Br. The van der Waals surface area contributed by atoms with Crippen LogP contribution in [0.2, 0.25) is 0 Å². The van der Waals surface area contributed by atoms with E-state index in [4.69, 9.17) is 10.5 Å². The molecule has 0 fully saturated rings. The molecule has 0 aromatic heterocycles. The molecule has 19 heavy (non-hydrogen) atoms. The number of benzene rings is 1. The van der Waals surface area contributed by atoms with Crippen molar-refractivity contribution in [3.05, 3.63) is 28.7 Å². The number of guanidine groups is 1. The zero-order valence-corrected chi connectivity index (χ0v) is 13.4. The Balaban J connectivity index is 2.54. The molecule has 5 heteroatoms. The molecule has 0 amide bonds. The summed E-state index contributed by atoms with van der Waals surface area (Å²) in [4.78, 5) is 6.39. The summed E-state index contributed by atoms with van der Waals surface area (Å²) in [6.45, 7) is 8.39. The average Bonchev–Trinajstić information content (AvgIpc) is 2.40. The van der Waals surface area contributed by atoms with Crippen molar-refractivity contribution in [1.82, 2.24) is 4.90 Å². The molecule has 0 bridgehead atoms. The van der Waals surface area contributed by atoms with Crippen molar-refractivity contribution in [3.8, 4) is 5.75 Å². The predicted molar refractivity (Wildman–Crippen MR) is 83.6 cm³/mol. The topological polar surface area (TPSA) is 50.8 Å². The molecule has 1 aromatic rings. The van der Waals surface area contributed by atoms with Crippen LogP contribution in [0.15, 0.2) is 33.7 Å². The van der Waals surface area contributed by atoms with Gasteiger partial charge in [-0.3, -0.25) is 0 Å². The molecule has 1 rings (SSSR count). The maximum Gasteiger partial charge on any atom is 0.191 e. The minimum Gasteiger partial charge on any atom is -0.488 e. The van der Waals surface area contributed by atoms with E-state index < -0.39 is 0 Å². The first kappa shape index (κ1) is 15.8. The monoisotopic (exact) mass is 327 g/mol. The molecule has 2 N–H and O–H groups in total. The Morgan fingerprint density at radius 2 is 2.00 bits per heavy atom. The summed E-state index contributed by atoms with van der Waals surface area (Å²) in [5.74, 6) is 1.40. The molecular formula is C14H22BrN3O. The summed E-state index contributed by atoms with van der Waals surface area (Å²) < 4.78 is 6.76. The number of halogens is 1. The molecule has 0 spiro atoms. The van der Waals surface area contributed by atoms with E-state index in [0.29, 0.717) is 12.5 Å². The van der Waals surface area contributed by atoms with Gasteiger partial charge in [-0.2, -0.15) is 0 Å². The van der Waals surface area contributed by atoms with E-state index >= 15 is 0 Å². The van der Waals surface area contributed by atoms with Crippen LogP contribution in [0.5, 0.6) is 5.75 Å². The minimum atomic E-state index is -0.0205. The lowest BCUT2D eigenvalue weighted by molar-refractivity contribution is 0.228. The number of hydrogen-bond acceptors (Lipinski definition) is 2. The number of rotatable bonds is 6. The Bertz CT molecular complexity index is 419. The van der Waals surface area contributed by atoms with Gasteiger partial charge in [-0.15, -0.1) is 0 Å². The fourth-order valence-corrected chi connectivity index (χ4v) is 2.04. The van der Waals surface area contributed by atoms with Crippen LogP contribution in [0.4, 0.5) is 0 Å². The lowest BCUT2D eigenvalue weighted by Crippen LogP contribution is -2.37. The van der Waals surface area contributed by atoms with Crippen LogP contribution in [0.25, 0.3) is 0 Å². The van der Waals surface area contributed by atoms with Gasteiger partial charge in [0.1, 0.15) is 11.9 Å². The van der Waals surface area contributed by atoms with Gasteiger partial charge in [0.15, 0.2) is 5.96 Å². The molecule has 0 saturated carbocycles. The third-order valence-electron chi connectivity index (χ3n) is 2.76. The molecule has 0 saturated heterocycles. The van der Waals surface area contributed by atoms with E-state index in [9.17, 15) is 0 Å². The zero-order chi connectivity index (χ0) is 14.3. The van der Waals surface area contributed by atoms with E-state index in [1.165, 1.54) is 0 Å². The van der Waals surface area contributed by atoms with E-state index in [0.717, 1.165) is 23.3 Å². The summed E-state index contributed by atoms with van der Waals surface area (Å²) in [7, 11) is 0. The van der Waals surface area contributed by atoms with Crippen molar-refractivity contribution in [1.29, 1.82) is 0 Å². The first-order chi connectivity index (χ1) is 9.08. The van der Waals surface area contributed by atoms with Gasteiger partial charge >= 0.3 is 0 Å². The van der Waals surface area contributed by atoms with Gasteiger partial charge in [0.25, 0.3) is 0 Å². The lowest BCUT2D eigenvalue weighted by atomic mass is 10.3. The standard InChI is InChI=1S/C14H22BrN3O/c1-4-18(5-2)14(16)17-10-11(3)19-13-9-7-6-8-12(13)15/h6-9,11H,4-5,10H2,1-3H3,(H2,16,17). The highest BCUT2D eigenvalue weighted by Gasteiger charge is 2.07. The van der Waals surface area contributed by atoms with Crippen LogP contribution in [0, 0.1) is 0 Å². The van der Waals surface area contributed by atoms with Crippen molar-refractivity contribution in [2.75, 3.05) is 19.6 Å². The van der Waals surface area contributed by atoms with E-state index in [1.54, 1.807) is 0 Å². The fourth-order valence-electron chi connectivity index (χ4n) is 1.66. The maximum absolute atomic E-state index is 5.92. The molecular weight excluding hydrogens is 306 g/mol. The molecule has 1 unspecified atom stereocenters. The Morgan fingerprint density at radius 3 is 2.58 bits per heavy atom. The number of nitrogens with zero attached hydrogens (tertiary/aromatic N) is 2. The summed E-state index contributed by atoms with van der Waals surface area (Å²) in [6, 6.07) is 7.78. The molecule has 1 atom stereocenters. The van der Waals surface area contributed by atoms with Crippen molar-refractivity contribution >= 4 is 21.9 Å². The normalized spacial score (nSPS) is 13.2. The Morgan fingerprint density at radius 1 is 1.37 bits per heavy atom. The molecule has 1 aromatic carbocycles. The van der Waals surface area contributed by atoms with Crippen LogP contribution in [-0.4, -0.2) is 36.6 Å². The summed E-state index contributed by atoms with van der Waals surface area (Å²) in [5.41, 5.74) is 5.92. The highest BCUT2D eigenvalue weighted by Crippen LogP contribution is 2.24. The predicted octanol–water partition coefficient (Wildman–Crippen LogP) is 2.87. The number of ether oxygens (including phenoxy) is 1. The van der Waals surface area contributed by atoms with Gasteiger partial charge in [0.2, 0.25) is 0 Å². The molecule has 106 valence electrons. The smallest absolute Gasteiger partial charge is 0.191 e. The highest BCUT2D eigenvalue weighted by atomic mass is 79.9. The third kappa shape index (κ3) is 5.11. The molecule has 4 nitrogen and oxygen atoms in total. The second kappa shape index (κ2) is 8.04. The van der Waals surface area contributed by atoms with Gasteiger partial charge in [-0.05, 0) is 48.8 Å². The molecule has 0 aliphatic carbocycles. The fraction of sp³-hybridized carbons (Fsp3) is 0.500. The zero-order valence-electron chi connectivity index (χ0n) is 11.8. The number of nitrogens with two attached hydrogens (primary N) is 1. The largest absolute Gasteiger partial charge is 0.488 e. The second-order valence-corrected chi connectivity index (χ2v) is 5.08. The third-order valence-corrected chi connectivity index (χ3v) is 3.42. The van der Waals surface area contributed by atoms with Gasteiger partial charge in [-0.25, -0.2) is 4.99 Å². The van der Waals surface area contributed by atoms with Crippen LogP contribution in [0.1, 0.15) is 20.8 Å². The Labute approximate surface area is 123 Å². The van der Waals surface area contributed by atoms with Crippen molar-refractivity contribution in [2.24, 2.45) is 10.7 Å². The van der Waals surface area contributed by atoms with Crippen LogP contribution in [-0.2, 0) is 0 Å². The Hall–Kier alpha value is -1.23. The number of hydrogen-bond donors (Lipinski definition) is 1. The van der Waals surface area contributed by atoms with Crippen molar-refractivity contribution in [2.45, 2.75) is 26.9 Å². The summed E-state index contributed by atoms with van der Waals surface area (Å²) in [5, 5.41) is 0. The van der Waals surface area contributed by atoms with Crippen molar-refractivity contribution in [3.63, 3.8) is 0 Å². The van der Waals surface area contributed by atoms with E-state index in [1.807, 2.05) is 36.1 Å². The minimum absolute atomic E-state index is 0.0205. The van der Waals surface area contributed by atoms with Gasteiger partial charge in [0.05, 0.1) is 11.0 Å². The van der Waals surface area contributed by atoms with Crippen LogP contribution >= 0.6 is 15.9 Å². The second-order valence-electron chi connectivity index (χ2n) is 4.23. The first-order valence-electron chi connectivity index (χ1n) is 6.54. The van der Waals surface area contributed by atoms with E-state index in [2.05, 4.69) is 34.8 Å². The molecule has 0 aliphatic heterocycles. The van der Waals surface area contributed by atoms with Gasteiger partial charge in [-0.1, -0.05) is 12.1 Å². The average molecular weight is 328 g/mol. The summed E-state index contributed by atoms with van der Waals surface area (Å²) in [6.07, 6.45) is -0.0205.